The molecule has 0 aliphatic heterocycles. The fraction of sp³-hybridized carbons (Fsp3) is 0.294. The fourth-order valence-corrected chi connectivity index (χ4v) is 2.49. The largest absolute Gasteiger partial charge is 0.496 e. The summed E-state index contributed by atoms with van der Waals surface area (Å²) in [6.07, 6.45) is 0. The summed E-state index contributed by atoms with van der Waals surface area (Å²) in [4.78, 5) is 0. The molecule has 100 valence electrons. The number of benzene rings is 2. The Bertz CT molecular complexity index is 552. The minimum Gasteiger partial charge on any atom is -0.496 e. The first-order valence-electron chi connectivity index (χ1n) is 6.55. The molecule has 19 heavy (non-hydrogen) atoms. The van der Waals surface area contributed by atoms with Crippen molar-refractivity contribution in [2.75, 3.05) is 12.4 Å². The Morgan fingerprint density at radius 1 is 1.00 bits per heavy atom. The summed E-state index contributed by atoms with van der Waals surface area (Å²) in [6.45, 7) is 7.19. The highest BCUT2D eigenvalue weighted by molar-refractivity contribution is 5.58. The molecule has 2 aromatic carbocycles. The molecule has 0 aliphatic rings. The van der Waals surface area contributed by atoms with Crippen LogP contribution >= 0.6 is 0 Å². The number of anilines is 1. The molecule has 0 unspecified atom stereocenters. The van der Waals surface area contributed by atoms with Gasteiger partial charge in [-0.25, -0.2) is 0 Å². The van der Waals surface area contributed by atoms with Crippen LogP contribution in [-0.4, -0.2) is 7.11 Å². The molecule has 0 heterocycles. The molecule has 0 atom stereocenters. The molecular weight excluding hydrogens is 234 g/mol. The van der Waals surface area contributed by atoms with Crippen LogP contribution in [0.25, 0.3) is 0 Å². The lowest BCUT2D eigenvalue weighted by molar-refractivity contribution is 0.410. The van der Waals surface area contributed by atoms with Crippen LogP contribution in [0.2, 0.25) is 0 Å². The van der Waals surface area contributed by atoms with E-state index < -0.39 is 0 Å². The summed E-state index contributed by atoms with van der Waals surface area (Å²) in [5, 5.41) is 3.52. The molecule has 0 saturated heterocycles. The molecule has 2 rings (SSSR count). The molecule has 1 N–H and O–H groups in total. The van der Waals surface area contributed by atoms with E-state index >= 15 is 0 Å². The molecule has 2 nitrogen and oxygen atoms in total. The molecule has 0 spiro atoms. The van der Waals surface area contributed by atoms with Crippen molar-refractivity contribution >= 4 is 5.69 Å². The molecule has 0 bridgehead atoms. The minimum absolute atomic E-state index is 0.773. The normalized spacial score (nSPS) is 10.3. The van der Waals surface area contributed by atoms with Crippen molar-refractivity contribution in [1.82, 2.24) is 0 Å². The summed E-state index contributed by atoms with van der Waals surface area (Å²) in [5.41, 5.74) is 6.26. The molecular formula is C17H21NO. The van der Waals surface area contributed by atoms with Gasteiger partial charge in [0.05, 0.1) is 7.11 Å². The van der Waals surface area contributed by atoms with Gasteiger partial charge in [0.2, 0.25) is 0 Å². The Morgan fingerprint density at radius 3 is 2.26 bits per heavy atom. The third-order valence-corrected chi connectivity index (χ3v) is 3.33. The van der Waals surface area contributed by atoms with Gasteiger partial charge in [-0.15, -0.1) is 0 Å². The van der Waals surface area contributed by atoms with Crippen molar-refractivity contribution in [2.45, 2.75) is 27.3 Å². The average molecular weight is 255 g/mol. The molecule has 2 heteroatoms. The van der Waals surface area contributed by atoms with Crippen molar-refractivity contribution in [3.63, 3.8) is 0 Å². The van der Waals surface area contributed by atoms with Gasteiger partial charge >= 0.3 is 0 Å². The van der Waals surface area contributed by atoms with Gasteiger partial charge in [0.25, 0.3) is 0 Å². The van der Waals surface area contributed by atoms with Crippen LogP contribution in [0.5, 0.6) is 5.75 Å². The van der Waals surface area contributed by atoms with Gasteiger partial charge in [-0.2, -0.15) is 0 Å². The number of rotatable bonds is 4. The van der Waals surface area contributed by atoms with Gasteiger partial charge < -0.3 is 10.1 Å². The van der Waals surface area contributed by atoms with Crippen LogP contribution in [0.1, 0.15) is 22.3 Å². The first-order chi connectivity index (χ1) is 9.11. The molecule has 0 radical (unpaired) electrons. The maximum absolute atomic E-state index is 5.37. The highest BCUT2D eigenvalue weighted by Gasteiger charge is 2.05. The molecule has 0 aromatic heterocycles. The van der Waals surface area contributed by atoms with E-state index in [1.165, 1.54) is 27.9 Å². The van der Waals surface area contributed by atoms with Crippen LogP contribution in [-0.2, 0) is 6.54 Å². The lowest BCUT2D eigenvalue weighted by Gasteiger charge is -2.15. The monoisotopic (exact) mass is 255 g/mol. The van der Waals surface area contributed by atoms with Crippen molar-refractivity contribution in [3.8, 4) is 5.75 Å². The smallest absolute Gasteiger partial charge is 0.123 e. The van der Waals surface area contributed by atoms with E-state index in [-0.39, 0.29) is 0 Å². The number of aryl methyl sites for hydroxylation is 3. The maximum Gasteiger partial charge on any atom is 0.123 e. The van der Waals surface area contributed by atoms with E-state index in [1.807, 2.05) is 18.2 Å². The summed E-state index contributed by atoms with van der Waals surface area (Å²) in [5.74, 6) is 0.928. The van der Waals surface area contributed by atoms with Gasteiger partial charge in [-0.1, -0.05) is 35.9 Å². The number of hydrogen-bond donors (Lipinski definition) is 1. The van der Waals surface area contributed by atoms with Crippen molar-refractivity contribution in [1.29, 1.82) is 0 Å². The summed E-state index contributed by atoms with van der Waals surface area (Å²) < 4.78 is 5.37. The molecule has 0 fully saturated rings. The lowest BCUT2D eigenvalue weighted by atomic mass is 10.0. The summed E-state index contributed by atoms with van der Waals surface area (Å²) in [6, 6.07) is 12.5. The van der Waals surface area contributed by atoms with E-state index in [0.29, 0.717) is 0 Å². The highest BCUT2D eigenvalue weighted by Crippen LogP contribution is 2.24. The number of para-hydroxylation sites is 1. The Kier molecular flexibility index (Phi) is 4.10. The van der Waals surface area contributed by atoms with Gasteiger partial charge in [0, 0.05) is 17.8 Å². The van der Waals surface area contributed by atoms with E-state index in [2.05, 4.69) is 44.3 Å². The van der Waals surface area contributed by atoms with Crippen molar-refractivity contribution in [2.24, 2.45) is 0 Å². The van der Waals surface area contributed by atoms with Crippen LogP contribution in [0.15, 0.2) is 36.4 Å². The lowest BCUT2D eigenvalue weighted by Crippen LogP contribution is -2.04. The SMILES string of the molecule is COc1ccccc1CNc1c(C)cc(C)cc1C. The van der Waals surface area contributed by atoms with E-state index in [0.717, 1.165) is 12.3 Å². The second-order valence-electron chi connectivity index (χ2n) is 4.94. The van der Waals surface area contributed by atoms with E-state index in [9.17, 15) is 0 Å². The Labute approximate surface area is 115 Å². The number of ether oxygens (including phenoxy) is 1. The standard InChI is InChI=1S/C17H21NO/c1-12-9-13(2)17(14(3)10-12)18-11-15-7-5-6-8-16(15)19-4/h5-10,18H,11H2,1-4H3. The van der Waals surface area contributed by atoms with Crippen LogP contribution < -0.4 is 10.1 Å². The zero-order chi connectivity index (χ0) is 13.8. The predicted molar refractivity (Wildman–Crippen MR) is 81.0 cm³/mol. The van der Waals surface area contributed by atoms with Crippen molar-refractivity contribution < 1.29 is 4.74 Å². The summed E-state index contributed by atoms with van der Waals surface area (Å²) >= 11 is 0. The van der Waals surface area contributed by atoms with Crippen molar-refractivity contribution in [3.05, 3.63) is 58.7 Å². The van der Waals surface area contributed by atoms with Crippen LogP contribution in [0.3, 0.4) is 0 Å². The van der Waals surface area contributed by atoms with Gasteiger partial charge in [-0.05, 0) is 38.0 Å². The highest BCUT2D eigenvalue weighted by atomic mass is 16.5. The van der Waals surface area contributed by atoms with E-state index in [1.54, 1.807) is 7.11 Å². The minimum atomic E-state index is 0.773. The Morgan fingerprint density at radius 2 is 1.63 bits per heavy atom. The first kappa shape index (κ1) is 13.5. The topological polar surface area (TPSA) is 21.3 Å². The third kappa shape index (κ3) is 3.08. The summed E-state index contributed by atoms with van der Waals surface area (Å²) in [7, 11) is 1.71. The number of methoxy groups -OCH3 is 1. The van der Waals surface area contributed by atoms with Gasteiger partial charge in [0.15, 0.2) is 0 Å². The zero-order valence-electron chi connectivity index (χ0n) is 12.1. The van der Waals surface area contributed by atoms with Gasteiger partial charge in [0.1, 0.15) is 5.75 Å². The molecule has 0 aliphatic carbocycles. The fourth-order valence-electron chi connectivity index (χ4n) is 2.49. The predicted octanol–water partition coefficient (Wildman–Crippen LogP) is 4.23. The molecule has 0 saturated carbocycles. The number of nitrogens with one attached hydrogen (secondary N) is 1. The van der Waals surface area contributed by atoms with E-state index in [4.69, 9.17) is 4.74 Å². The second kappa shape index (κ2) is 5.79. The molecule has 0 amide bonds. The second-order valence-corrected chi connectivity index (χ2v) is 4.94. The van der Waals surface area contributed by atoms with Crippen LogP contribution in [0, 0.1) is 20.8 Å². The quantitative estimate of drug-likeness (QED) is 0.882. The first-order valence-corrected chi connectivity index (χ1v) is 6.55. The number of hydrogen-bond acceptors (Lipinski definition) is 2. The Balaban J connectivity index is 2.19. The average Bonchev–Trinajstić information content (AvgIpc) is 2.38. The molecule has 2 aromatic rings. The zero-order valence-corrected chi connectivity index (χ0v) is 12.1. The third-order valence-electron chi connectivity index (χ3n) is 3.33. The van der Waals surface area contributed by atoms with Crippen LogP contribution in [0.4, 0.5) is 5.69 Å². The van der Waals surface area contributed by atoms with Gasteiger partial charge in [-0.3, -0.25) is 0 Å². The Hall–Kier alpha value is -1.96. The maximum atomic E-state index is 5.37.